The van der Waals surface area contributed by atoms with Gasteiger partial charge in [-0.05, 0) is 61.4 Å². The summed E-state index contributed by atoms with van der Waals surface area (Å²) in [5.74, 6) is 0.242. The Morgan fingerprint density at radius 2 is 1.52 bits per heavy atom. The van der Waals surface area contributed by atoms with Gasteiger partial charge in [-0.3, -0.25) is 14.6 Å². The van der Waals surface area contributed by atoms with E-state index in [1.165, 1.54) is 7.11 Å². The summed E-state index contributed by atoms with van der Waals surface area (Å²) >= 11 is 7.11. The first-order valence-electron chi connectivity index (χ1n) is 18.7. The van der Waals surface area contributed by atoms with E-state index in [1.807, 2.05) is 30.3 Å². The van der Waals surface area contributed by atoms with Gasteiger partial charge in [-0.1, -0.05) is 35.9 Å². The van der Waals surface area contributed by atoms with Crippen molar-refractivity contribution in [1.82, 2.24) is 36.2 Å². The van der Waals surface area contributed by atoms with Crippen molar-refractivity contribution in [2.75, 3.05) is 32.6 Å². The maximum Gasteiger partial charge on any atom is 0.419 e. The fourth-order valence-electron chi connectivity index (χ4n) is 7.74. The molecule has 2 fully saturated rings. The number of rotatable bonds is 14. The van der Waals surface area contributed by atoms with Crippen molar-refractivity contribution >= 4 is 29.2 Å². The number of benzene rings is 1. The molecule has 5 heterocycles. The van der Waals surface area contributed by atoms with Gasteiger partial charge in [0.25, 0.3) is 0 Å². The van der Waals surface area contributed by atoms with Crippen LogP contribution in [0.1, 0.15) is 72.4 Å². The predicted molar refractivity (Wildman–Crippen MR) is 205 cm³/mol. The minimum Gasteiger partial charge on any atom is -0.481 e. The lowest BCUT2D eigenvalue weighted by molar-refractivity contribution is -0.137. The Balaban J connectivity index is 1.12. The van der Waals surface area contributed by atoms with Gasteiger partial charge < -0.3 is 36.1 Å². The number of aromatic nitrogens is 3. The first kappa shape index (κ1) is 39.3. The molecule has 16 heteroatoms. The Morgan fingerprint density at radius 1 is 0.839 bits per heavy atom. The van der Waals surface area contributed by atoms with E-state index >= 15 is 0 Å². The number of amides is 2. The molecular weight excluding hydrogens is 749 g/mol. The van der Waals surface area contributed by atoms with Crippen LogP contribution in [-0.2, 0) is 35.3 Å². The van der Waals surface area contributed by atoms with E-state index in [9.17, 15) is 22.8 Å². The van der Waals surface area contributed by atoms with Gasteiger partial charge in [0, 0.05) is 79.6 Å². The van der Waals surface area contributed by atoms with Crippen LogP contribution in [-0.4, -0.2) is 66.2 Å². The molecule has 1 aromatic carbocycles. The average molecular weight is 793 g/mol. The maximum absolute atomic E-state index is 14.6. The second kappa shape index (κ2) is 17.0. The van der Waals surface area contributed by atoms with Gasteiger partial charge in [-0.2, -0.15) is 18.2 Å². The van der Waals surface area contributed by atoms with Crippen molar-refractivity contribution in [1.29, 1.82) is 0 Å². The maximum atomic E-state index is 14.6. The zero-order valence-corrected chi connectivity index (χ0v) is 31.9. The summed E-state index contributed by atoms with van der Waals surface area (Å²) in [6.45, 7) is 1.63. The number of anilines is 1. The standard InChI is InChI=1S/C40H44ClF3N8O4/c1-55-38-22(18-45-20-24-10-13-33(53)48-24)9-12-32(51-38)29-15-16-47-36(35(29)41)28-7-3-6-27-26(28)5-4-8-31(27)50-37-30(40(42,43)44)17-23(39(52-37)56-2)19-46-21-25-11-14-34(54)49-25/h3,6-7,9,12,15-17,24-25,31,45-46H,4-5,8,10-11,13-14,18-21H2,1-2H3,(H,48,53)(H,49,54)(H,50,52)/t24-,25+,31-/m0/s1. The summed E-state index contributed by atoms with van der Waals surface area (Å²) in [5.41, 5.74) is 4.57. The molecule has 2 aliphatic heterocycles. The average Bonchev–Trinajstić information content (AvgIpc) is 3.81. The van der Waals surface area contributed by atoms with Gasteiger partial charge in [0.1, 0.15) is 5.82 Å². The third-order valence-electron chi connectivity index (χ3n) is 10.5. The molecule has 12 nitrogen and oxygen atoms in total. The van der Waals surface area contributed by atoms with Crippen LogP contribution in [0.25, 0.3) is 22.5 Å². The highest BCUT2D eigenvalue weighted by molar-refractivity contribution is 6.35. The molecule has 0 unspecified atom stereocenters. The molecule has 296 valence electrons. The number of carbonyl (C=O) groups excluding carboxylic acids is 2. The van der Waals surface area contributed by atoms with Gasteiger partial charge in [-0.15, -0.1) is 0 Å². The van der Waals surface area contributed by atoms with E-state index in [1.54, 1.807) is 19.4 Å². The van der Waals surface area contributed by atoms with E-state index < -0.39 is 17.8 Å². The second-order valence-electron chi connectivity index (χ2n) is 14.3. The Labute approximate surface area is 327 Å². The van der Waals surface area contributed by atoms with Gasteiger partial charge in [0.2, 0.25) is 23.6 Å². The molecule has 3 atom stereocenters. The number of alkyl halides is 3. The van der Waals surface area contributed by atoms with E-state index in [0.29, 0.717) is 86.0 Å². The number of nitrogens with one attached hydrogen (secondary N) is 5. The van der Waals surface area contributed by atoms with Crippen molar-refractivity contribution in [3.8, 4) is 34.3 Å². The van der Waals surface area contributed by atoms with Crippen LogP contribution in [0, 0.1) is 0 Å². The molecule has 0 radical (unpaired) electrons. The second-order valence-corrected chi connectivity index (χ2v) is 14.6. The lowest BCUT2D eigenvalue weighted by atomic mass is 9.83. The van der Waals surface area contributed by atoms with Crippen molar-refractivity contribution in [3.05, 3.63) is 81.5 Å². The smallest absolute Gasteiger partial charge is 0.419 e. The predicted octanol–water partition coefficient (Wildman–Crippen LogP) is 6.12. The van der Waals surface area contributed by atoms with Crippen molar-refractivity contribution in [2.45, 2.75) is 82.3 Å². The molecule has 56 heavy (non-hydrogen) atoms. The molecule has 3 aliphatic rings. The first-order chi connectivity index (χ1) is 27.0. The van der Waals surface area contributed by atoms with E-state index in [4.69, 9.17) is 26.1 Å². The summed E-state index contributed by atoms with van der Waals surface area (Å²) in [4.78, 5) is 36.9. The minimum absolute atomic E-state index is 0.0339. The molecule has 0 spiro atoms. The van der Waals surface area contributed by atoms with Gasteiger partial charge in [0.05, 0.1) is 42.2 Å². The van der Waals surface area contributed by atoms with Crippen LogP contribution < -0.4 is 36.1 Å². The summed E-state index contributed by atoms with van der Waals surface area (Å²) in [6.07, 6.45) is 1.38. The molecule has 5 N–H and O–H groups in total. The molecule has 0 saturated carbocycles. The number of pyridine rings is 3. The molecule has 7 rings (SSSR count). The van der Waals surface area contributed by atoms with E-state index in [-0.39, 0.29) is 47.7 Å². The fourth-order valence-corrected chi connectivity index (χ4v) is 8.05. The lowest BCUT2D eigenvalue weighted by Gasteiger charge is -2.30. The van der Waals surface area contributed by atoms with Gasteiger partial charge >= 0.3 is 6.18 Å². The van der Waals surface area contributed by atoms with Crippen LogP contribution in [0.5, 0.6) is 11.8 Å². The Morgan fingerprint density at radius 3 is 2.16 bits per heavy atom. The number of nitrogens with zero attached hydrogens (tertiary/aromatic N) is 3. The highest BCUT2D eigenvalue weighted by Crippen LogP contribution is 2.43. The van der Waals surface area contributed by atoms with Crippen LogP contribution in [0.2, 0.25) is 5.02 Å². The van der Waals surface area contributed by atoms with Crippen LogP contribution in [0.15, 0.2) is 48.7 Å². The minimum atomic E-state index is -4.69. The van der Waals surface area contributed by atoms with Crippen molar-refractivity contribution in [3.63, 3.8) is 0 Å². The first-order valence-corrected chi connectivity index (χ1v) is 19.1. The highest BCUT2D eigenvalue weighted by Gasteiger charge is 2.37. The van der Waals surface area contributed by atoms with Gasteiger partial charge in [-0.25, -0.2) is 4.98 Å². The Kier molecular flexibility index (Phi) is 11.9. The lowest BCUT2D eigenvalue weighted by Crippen LogP contribution is -2.35. The zero-order chi connectivity index (χ0) is 39.4. The number of carbonyl (C=O) groups is 2. The number of hydrogen-bond acceptors (Lipinski definition) is 10. The zero-order valence-electron chi connectivity index (χ0n) is 31.1. The summed E-state index contributed by atoms with van der Waals surface area (Å²) in [6, 6.07) is 11.9. The largest absolute Gasteiger partial charge is 0.481 e. The summed E-state index contributed by atoms with van der Waals surface area (Å²) in [7, 11) is 2.94. The van der Waals surface area contributed by atoms with Crippen LogP contribution in [0.3, 0.4) is 0 Å². The molecule has 3 aromatic heterocycles. The van der Waals surface area contributed by atoms with Crippen LogP contribution in [0.4, 0.5) is 19.0 Å². The van der Waals surface area contributed by atoms with E-state index in [0.717, 1.165) is 34.7 Å². The Hall–Kier alpha value is -4.99. The quantitative estimate of drug-likeness (QED) is 0.101. The molecule has 0 bridgehead atoms. The third-order valence-corrected chi connectivity index (χ3v) is 10.9. The number of fused-ring (bicyclic) bond motifs is 1. The Bertz CT molecular complexity index is 2100. The number of ether oxygens (including phenoxy) is 2. The summed E-state index contributed by atoms with van der Waals surface area (Å²) in [5, 5.41) is 15.8. The number of halogens is 4. The number of hydrogen-bond donors (Lipinski definition) is 5. The topological polar surface area (TPSA) is 151 Å². The highest BCUT2D eigenvalue weighted by atomic mass is 35.5. The SMILES string of the molecule is COc1nc(-c2ccnc(-c3cccc4c3CCC[C@@H]4Nc3nc(OC)c(CNC[C@H]4CCC(=O)N4)cc3C(F)(F)F)c2Cl)ccc1CNC[C@@H]1CCC(=O)N1. The van der Waals surface area contributed by atoms with Crippen molar-refractivity contribution < 1.29 is 32.2 Å². The van der Waals surface area contributed by atoms with Gasteiger partial charge in [0.15, 0.2) is 0 Å². The summed E-state index contributed by atoms with van der Waals surface area (Å²) < 4.78 is 54.9. The third kappa shape index (κ3) is 8.69. The fraction of sp³-hybridized carbons (Fsp3) is 0.425. The monoisotopic (exact) mass is 792 g/mol. The molecule has 4 aromatic rings. The van der Waals surface area contributed by atoms with Crippen LogP contribution >= 0.6 is 11.6 Å². The molecule has 2 saturated heterocycles. The normalized spacial score (nSPS) is 19.4. The molecule has 2 amide bonds. The number of methoxy groups -OCH3 is 2. The molecule has 1 aliphatic carbocycles. The van der Waals surface area contributed by atoms with Crippen molar-refractivity contribution in [2.24, 2.45) is 0 Å². The van der Waals surface area contributed by atoms with E-state index in [2.05, 4.69) is 36.6 Å². The molecular formula is C40H44ClF3N8O4.